The molecule has 1 spiro atoms. The van der Waals surface area contributed by atoms with Crippen LogP contribution in [0, 0.1) is 17.8 Å². The molecule has 2 bridgehead atoms. The molecule has 3 aliphatic rings. The molecule has 190 valence electrons. The largest absolute Gasteiger partial charge is 0.465 e. The number of likely N-dealkylation sites (tertiary alicyclic amines) is 1. The van der Waals surface area contributed by atoms with Crippen LogP contribution in [0.15, 0.2) is 25.3 Å². The van der Waals surface area contributed by atoms with E-state index in [-0.39, 0.29) is 42.2 Å². The quantitative estimate of drug-likeness (QED) is 0.242. The zero-order valence-electron chi connectivity index (χ0n) is 20.8. The fourth-order valence-corrected chi connectivity index (χ4v) is 8.51. The van der Waals surface area contributed by atoms with E-state index in [0.717, 1.165) is 19.3 Å². The van der Waals surface area contributed by atoms with Crippen LogP contribution in [0.3, 0.4) is 0 Å². The molecule has 7 nitrogen and oxygen atoms in total. The summed E-state index contributed by atoms with van der Waals surface area (Å²) in [7, 11) is 0. The Morgan fingerprint density at radius 1 is 1.35 bits per heavy atom. The Labute approximate surface area is 208 Å². The minimum absolute atomic E-state index is 0.0460. The van der Waals surface area contributed by atoms with Crippen LogP contribution in [-0.2, 0) is 19.1 Å². The molecule has 3 fully saturated rings. The zero-order chi connectivity index (χ0) is 25.0. The van der Waals surface area contributed by atoms with Gasteiger partial charge in [0.15, 0.2) is 0 Å². The van der Waals surface area contributed by atoms with Gasteiger partial charge in [-0.25, -0.2) is 0 Å². The summed E-state index contributed by atoms with van der Waals surface area (Å²) in [4.78, 5) is 44.8. The maximum Gasteiger partial charge on any atom is 0.310 e. The topological polar surface area (TPSA) is 87.2 Å². The summed E-state index contributed by atoms with van der Waals surface area (Å²) in [6.07, 6.45) is 7.07. The molecule has 34 heavy (non-hydrogen) atoms. The van der Waals surface area contributed by atoms with Crippen molar-refractivity contribution in [2.45, 2.75) is 75.0 Å². The normalized spacial score (nSPS) is 32.4. The second kappa shape index (κ2) is 11.3. The van der Waals surface area contributed by atoms with Crippen LogP contribution < -0.4 is 0 Å². The Bertz CT molecular complexity index is 800. The van der Waals surface area contributed by atoms with E-state index in [1.54, 1.807) is 33.7 Å². The number of hydrogen-bond donors (Lipinski definition) is 1. The third kappa shape index (κ3) is 4.32. The highest BCUT2D eigenvalue weighted by Crippen LogP contribution is 2.69. The van der Waals surface area contributed by atoms with Gasteiger partial charge in [-0.1, -0.05) is 39.3 Å². The second-order valence-electron chi connectivity index (χ2n) is 9.71. The van der Waals surface area contributed by atoms with Crippen molar-refractivity contribution in [2.75, 3.05) is 26.3 Å². The molecule has 0 aromatic rings. The lowest BCUT2D eigenvalue weighted by Gasteiger charge is -2.42. The average molecular weight is 493 g/mol. The van der Waals surface area contributed by atoms with E-state index in [1.807, 2.05) is 6.92 Å². The number of amides is 2. The molecule has 0 aliphatic carbocycles. The van der Waals surface area contributed by atoms with Crippen LogP contribution in [-0.4, -0.2) is 81.1 Å². The Hall–Kier alpha value is -1.80. The van der Waals surface area contributed by atoms with Gasteiger partial charge in [-0.15, -0.1) is 24.9 Å². The summed E-state index contributed by atoms with van der Waals surface area (Å²) in [6, 6.07) is -1.18. The van der Waals surface area contributed by atoms with Gasteiger partial charge in [0.1, 0.15) is 6.04 Å². The molecule has 0 radical (unpaired) electrons. The van der Waals surface area contributed by atoms with Gasteiger partial charge in [-0.05, 0) is 31.6 Å². The van der Waals surface area contributed by atoms with Crippen LogP contribution in [0.5, 0.6) is 0 Å². The van der Waals surface area contributed by atoms with E-state index in [9.17, 15) is 19.5 Å². The van der Waals surface area contributed by atoms with Gasteiger partial charge >= 0.3 is 5.97 Å². The molecule has 3 rings (SSSR count). The number of thioether (sulfide) groups is 1. The maximum absolute atomic E-state index is 14.2. The Balaban J connectivity index is 2.05. The molecule has 8 heteroatoms. The number of esters is 1. The molecule has 7 atom stereocenters. The van der Waals surface area contributed by atoms with Crippen molar-refractivity contribution in [3.8, 4) is 0 Å². The Kier molecular flexibility index (Phi) is 8.90. The molecular weight excluding hydrogens is 452 g/mol. The average Bonchev–Trinajstić information content (AvgIpc) is 3.41. The molecule has 3 heterocycles. The van der Waals surface area contributed by atoms with Crippen LogP contribution >= 0.6 is 11.8 Å². The molecule has 0 aromatic heterocycles. The SMILES string of the molecule is C=CCCOC(=O)[C@@H]1[C@@H]2CC(C)C3(S2)C(C(=O)N(CC=C)CCCC)N([C@@H](CC)CO)C(=O)[C@H]13. The van der Waals surface area contributed by atoms with E-state index < -0.39 is 28.7 Å². The first kappa shape index (κ1) is 26.8. The van der Waals surface area contributed by atoms with E-state index in [4.69, 9.17) is 4.74 Å². The van der Waals surface area contributed by atoms with Gasteiger partial charge < -0.3 is 19.6 Å². The van der Waals surface area contributed by atoms with Crippen molar-refractivity contribution < 1.29 is 24.2 Å². The molecule has 0 saturated carbocycles. The number of fused-ring (bicyclic) bond motifs is 1. The number of aliphatic hydroxyl groups excluding tert-OH is 1. The van der Waals surface area contributed by atoms with E-state index in [0.29, 0.717) is 25.9 Å². The summed E-state index contributed by atoms with van der Waals surface area (Å²) in [6.45, 7) is 14.6. The molecule has 1 N–H and O–H groups in total. The van der Waals surface area contributed by atoms with E-state index >= 15 is 0 Å². The van der Waals surface area contributed by atoms with Crippen molar-refractivity contribution in [1.82, 2.24) is 9.80 Å². The second-order valence-corrected chi connectivity index (χ2v) is 11.3. The first-order chi connectivity index (χ1) is 16.3. The van der Waals surface area contributed by atoms with E-state index in [2.05, 4.69) is 27.0 Å². The predicted octanol–water partition coefficient (Wildman–Crippen LogP) is 3.03. The summed E-state index contributed by atoms with van der Waals surface area (Å²) in [5, 5.41) is 10.1. The Morgan fingerprint density at radius 2 is 2.09 bits per heavy atom. The van der Waals surface area contributed by atoms with Gasteiger partial charge in [0.25, 0.3) is 0 Å². The van der Waals surface area contributed by atoms with Gasteiger partial charge in [-0.2, -0.15) is 0 Å². The first-order valence-corrected chi connectivity index (χ1v) is 13.5. The third-order valence-electron chi connectivity index (χ3n) is 7.77. The lowest BCUT2D eigenvalue weighted by Crippen LogP contribution is -2.59. The highest BCUT2D eigenvalue weighted by atomic mass is 32.2. The van der Waals surface area contributed by atoms with Gasteiger partial charge in [0.05, 0.1) is 35.8 Å². The summed E-state index contributed by atoms with van der Waals surface area (Å²) < 4.78 is 4.84. The van der Waals surface area contributed by atoms with E-state index in [1.165, 1.54) is 0 Å². The summed E-state index contributed by atoms with van der Waals surface area (Å²) in [5.74, 6) is -1.75. The fourth-order valence-electron chi connectivity index (χ4n) is 6.12. The predicted molar refractivity (Wildman–Crippen MR) is 134 cm³/mol. The van der Waals surface area contributed by atoms with Crippen LogP contribution in [0.2, 0.25) is 0 Å². The van der Waals surface area contributed by atoms with Crippen molar-refractivity contribution >= 4 is 29.5 Å². The summed E-state index contributed by atoms with van der Waals surface area (Å²) >= 11 is 1.64. The minimum Gasteiger partial charge on any atom is -0.465 e. The smallest absolute Gasteiger partial charge is 0.310 e. The van der Waals surface area contributed by atoms with Crippen LogP contribution in [0.4, 0.5) is 0 Å². The molecule has 2 amide bonds. The minimum atomic E-state index is -0.713. The number of aliphatic hydroxyl groups is 1. The van der Waals surface area contributed by atoms with Gasteiger partial charge in [0.2, 0.25) is 11.8 Å². The fraction of sp³-hybridized carbons (Fsp3) is 0.731. The number of nitrogens with zero attached hydrogens (tertiary/aromatic N) is 2. The van der Waals surface area contributed by atoms with Gasteiger partial charge in [0, 0.05) is 18.3 Å². The third-order valence-corrected chi connectivity index (χ3v) is 9.85. The van der Waals surface area contributed by atoms with Crippen molar-refractivity contribution in [2.24, 2.45) is 17.8 Å². The lowest BCUT2D eigenvalue weighted by molar-refractivity contribution is -0.155. The highest BCUT2D eigenvalue weighted by Gasteiger charge is 2.77. The number of carbonyl (C=O) groups is 3. The highest BCUT2D eigenvalue weighted by molar-refractivity contribution is 8.02. The number of ether oxygens (including phenoxy) is 1. The Morgan fingerprint density at radius 3 is 2.68 bits per heavy atom. The number of hydrogen-bond acceptors (Lipinski definition) is 6. The zero-order valence-corrected chi connectivity index (χ0v) is 21.6. The standard InChI is InChI=1S/C26H40N2O5S/c1-6-10-13-27(12-8-3)24(31)22-26-17(5)15-19(34-26)20(25(32)33-14-11-7-2)21(26)23(30)28(22)18(9-4)16-29/h7-8,17-22,29H,2-3,6,9-16H2,1,4-5H3/t17?,18-,19-,20+,21-,22?,26?/m0/s1. The van der Waals surface area contributed by atoms with Crippen LogP contribution in [0.25, 0.3) is 0 Å². The number of carbonyl (C=O) groups excluding carboxylic acids is 3. The molecule has 3 aliphatic heterocycles. The number of rotatable bonds is 13. The first-order valence-electron chi connectivity index (χ1n) is 12.6. The monoisotopic (exact) mass is 492 g/mol. The summed E-state index contributed by atoms with van der Waals surface area (Å²) in [5.41, 5.74) is 0. The number of unbranched alkanes of at least 4 members (excludes halogenated alkanes) is 1. The van der Waals surface area contributed by atoms with Crippen molar-refractivity contribution in [3.63, 3.8) is 0 Å². The van der Waals surface area contributed by atoms with Crippen molar-refractivity contribution in [1.29, 1.82) is 0 Å². The lowest BCUT2D eigenvalue weighted by atomic mass is 9.66. The van der Waals surface area contributed by atoms with Crippen LogP contribution in [0.1, 0.15) is 52.9 Å². The molecule has 0 aromatic carbocycles. The molecular formula is C26H40N2O5S. The maximum atomic E-state index is 14.2. The van der Waals surface area contributed by atoms with Crippen molar-refractivity contribution in [3.05, 3.63) is 25.3 Å². The molecule has 3 saturated heterocycles. The van der Waals surface area contributed by atoms with Gasteiger partial charge in [-0.3, -0.25) is 14.4 Å². The molecule has 3 unspecified atom stereocenters.